The standard InChI is InChI=1S/C13H27NO/c1-2-3-4-5-6-7-11-14-12-9-8-10-13(12)15/h12-15H,2-11H2,1H3/t12-,13-/m1/s1. The van der Waals surface area contributed by atoms with Crippen molar-refractivity contribution >= 4 is 0 Å². The van der Waals surface area contributed by atoms with Gasteiger partial charge in [-0.25, -0.2) is 0 Å². The van der Waals surface area contributed by atoms with Gasteiger partial charge in [0.1, 0.15) is 0 Å². The lowest BCUT2D eigenvalue weighted by molar-refractivity contribution is 0.149. The van der Waals surface area contributed by atoms with Crippen LogP contribution in [-0.2, 0) is 0 Å². The Kier molecular flexibility index (Phi) is 7.03. The third-order valence-electron chi connectivity index (χ3n) is 3.42. The summed E-state index contributed by atoms with van der Waals surface area (Å²) in [5.74, 6) is 0. The lowest BCUT2D eigenvalue weighted by Crippen LogP contribution is -2.36. The van der Waals surface area contributed by atoms with Gasteiger partial charge in [-0.15, -0.1) is 0 Å². The van der Waals surface area contributed by atoms with Gasteiger partial charge in [0.15, 0.2) is 0 Å². The molecule has 0 radical (unpaired) electrons. The maximum absolute atomic E-state index is 9.60. The number of nitrogens with one attached hydrogen (secondary N) is 1. The Morgan fingerprint density at radius 3 is 2.47 bits per heavy atom. The second-order valence-electron chi connectivity index (χ2n) is 4.83. The Balaban J connectivity index is 1.84. The molecule has 1 rings (SSSR count). The molecule has 2 atom stereocenters. The minimum Gasteiger partial charge on any atom is -0.392 e. The average molecular weight is 213 g/mol. The first kappa shape index (κ1) is 13.0. The first-order valence-corrected chi connectivity index (χ1v) is 6.76. The number of aliphatic hydroxyl groups excluding tert-OH is 1. The maximum atomic E-state index is 9.60. The van der Waals surface area contributed by atoms with Gasteiger partial charge in [0.05, 0.1) is 6.10 Å². The normalized spacial score (nSPS) is 26.0. The van der Waals surface area contributed by atoms with Crippen molar-refractivity contribution in [1.29, 1.82) is 0 Å². The van der Waals surface area contributed by atoms with Crippen molar-refractivity contribution < 1.29 is 5.11 Å². The van der Waals surface area contributed by atoms with Crippen LogP contribution < -0.4 is 5.32 Å². The quantitative estimate of drug-likeness (QED) is 0.608. The zero-order chi connectivity index (χ0) is 10.9. The third-order valence-corrected chi connectivity index (χ3v) is 3.42. The van der Waals surface area contributed by atoms with Crippen LogP contribution in [0.4, 0.5) is 0 Å². The predicted molar refractivity (Wildman–Crippen MR) is 65.0 cm³/mol. The highest BCUT2D eigenvalue weighted by molar-refractivity contribution is 4.82. The largest absolute Gasteiger partial charge is 0.392 e. The highest BCUT2D eigenvalue weighted by Crippen LogP contribution is 2.18. The van der Waals surface area contributed by atoms with Crippen LogP contribution in [0.1, 0.15) is 64.7 Å². The zero-order valence-electron chi connectivity index (χ0n) is 10.2. The van der Waals surface area contributed by atoms with Gasteiger partial charge in [-0.05, 0) is 32.2 Å². The molecule has 0 aromatic carbocycles. The van der Waals surface area contributed by atoms with Gasteiger partial charge in [0.25, 0.3) is 0 Å². The molecular weight excluding hydrogens is 186 g/mol. The van der Waals surface area contributed by atoms with Gasteiger partial charge >= 0.3 is 0 Å². The molecule has 0 spiro atoms. The third kappa shape index (κ3) is 5.53. The van der Waals surface area contributed by atoms with Gasteiger partial charge in [-0.1, -0.05) is 39.0 Å². The molecule has 0 unspecified atom stereocenters. The fraction of sp³-hybridized carbons (Fsp3) is 1.00. The molecule has 2 N–H and O–H groups in total. The summed E-state index contributed by atoms with van der Waals surface area (Å²) in [5.41, 5.74) is 0. The van der Waals surface area contributed by atoms with Crippen molar-refractivity contribution in [2.45, 2.75) is 76.9 Å². The molecule has 0 bridgehead atoms. The minimum absolute atomic E-state index is 0.0786. The van der Waals surface area contributed by atoms with E-state index in [0.717, 1.165) is 19.4 Å². The van der Waals surface area contributed by atoms with Crippen LogP contribution in [0.25, 0.3) is 0 Å². The fourth-order valence-electron chi connectivity index (χ4n) is 2.37. The minimum atomic E-state index is -0.0786. The van der Waals surface area contributed by atoms with Gasteiger partial charge in [-0.3, -0.25) is 0 Å². The SMILES string of the molecule is CCCCCCCCN[C@@H]1CCC[C@H]1O. The fourth-order valence-corrected chi connectivity index (χ4v) is 2.37. The molecule has 0 aromatic rings. The van der Waals surface area contributed by atoms with E-state index >= 15 is 0 Å². The molecule has 0 aromatic heterocycles. The van der Waals surface area contributed by atoms with Crippen LogP contribution in [0.3, 0.4) is 0 Å². The molecule has 0 amide bonds. The van der Waals surface area contributed by atoms with Crippen molar-refractivity contribution in [2.24, 2.45) is 0 Å². The van der Waals surface area contributed by atoms with E-state index in [-0.39, 0.29) is 6.10 Å². The Morgan fingerprint density at radius 2 is 1.80 bits per heavy atom. The molecule has 90 valence electrons. The van der Waals surface area contributed by atoms with E-state index in [9.17, 15) is 5.11 Å². The Hall–Kier alpha value is -0.0800. The summed E-state index contributed by atoms with van der Waals surface area (Å²) in [4.78, 5) is 0. The summed E-state index contributed by atoms with van der Waals surface area (Å²) in [6.07, 6.45) is 11.4. The topological polar surface area (TPSA) is 32.3 Å². The van der Waals surface area contributed by atoms with E-state index in [1.807, 2.05) is 0 Å². The summed E-state index contributed by atoms with van der Waals surface area (Å²) in [5, 5.41) is 13.1. The molecule has 2 heteroatoms. The van der Waals surface area contributed by atoms with E-state index in [1.165, 1.54) is 44.9 Å². The summed E-state index contributed by atoms with van der Waals surface area (Å²) < 4.78 is 0. The Morgan fingerprint density at radius 1 is 1.07 bits per heavy atom. The molecule has 15 heavy (non-hydrogen) atoms. The Labute approximate surface area is 94.5 Å². The van der Waals surface area contributed by atoms with Crippen LogP contribution in [0, 0.1) is 0 Å². The summed E-state index contributed by atoms with van der Waals surface area (Å²) in [6, 6.07) is 0.389. The van der Waals surface area contributed by atoms with Gasteiger partial charge in [0, 0.05) is 6.04 Å². The summed E-state index contributed by atoms with van der Waals surface area (Å²) in [7, 11) is 0. The molecule has 2 nitrogen and oxygen atoms in total. The summed E-state index contributed by atoms with van der Waals surface area (Å²) >= 11 is 0. The number of aliphatic hydroxyl groups is 1. The van der Waals surface area contributed by atoms with Gasteiger partial charge in [-0.2, -0.15) is 0 Å². The molecular formula is C13H27NO. The van der Waals surface area contributed by atoms with Crippen molar-refractivity contribution in [3.05, 3.63) is 0 Å². The van der Waals surface area contributed by atoms with Crippen LogP contribution in [-0.4, -0.2) is 23.8 Å². The zero-order valence-corrected chi connectivity index (χ0v) is 10.2. The number of unbranched alkanes of at least 4 members (excludes halogenated alkanes) is 5. The molecule has 1 fully saturated rings. The van der Waals surface area contributed by atoms with Crippen molar-refractivity contribution in [1.82, 2.24) is 5.32 Å². The van der Waals surface area contributed by atoms with E-state index in [2.05, 4.69) is 12.2 Å². The van der Waals surface area contributed by atoms with E-state index in [4.69, 9.17) is 0 Å². The smallest absolute Gasteiger partial charge is 0.0693 e. The van der Waals surface area contributed by atoms with Gasteiger partial charge in [0.2, 0.25) is 0 Å². The average Bonchev–Trinajstić information content (AvgIpc) is 2.63. The molecule has 0 saturated heterocycles. The maximum Gasteiger partial charge on any atom is 0.0693 e. The molecule has 1 saturated carbocycles. The molecule has 0 heterocycles. The lowest BCUT2D eigenvalue weighted by atomic mass is 10.1. The van der Waals surface area contributed by atoms with E-state index < -0.39 is 0 Å². The highest BCUT2D eigenvalue weighted by atomic mass is 16.3. The van der Waals surface area contributed by atoms with Crippen molar-refractivity contribution in [2.75, 3.05) is 6.54 Å². The van der Waals surface area contributed by atoms with Crippen molar-refractivity contribution in [3.63, 3.8) is 0 Å². The number of rotatable bonds is 8. The number of hydrogen-bond acceptors (Lipinski definition) is 2. The van der Waals surface area contributed by atoms with Crippen LogP contribution in [0.5, 0.6) is 0 Å². The van der Waals surface area contributed by atoms with Gasteiger partial charge < -0.3 is 10.4 Å². The molecule has 1 aliphatic carbocycles. The van der Waals surface area contributed by atoms with E-state index in [0.29, 0.717) is 6.04 Å². The summed E-state index contributed by atoms with van der Waals surface area (Å²) in [6.45, 7) is 3.34. The predicted octanol–water partition coefficient (Wildman–Crippen LogP) is 2.85. The van der Waals surface area contributed by atoms with E-state index in [1.54, 1.807) is 0 Å². The first-order valence-electron chi connectivity index (χ1n) is 6.76. The second kappa shape index (κ2) is 8.12. The number of hydrogen-bond donors (Lipinski definition) is 2. The van der Waals surface area contributed by atoms with Crippen molar-refractivity contribution in [3.8, 4) is 0 Å². The lowest BCUT2D eigenvalue weighted by Gasteiger charge is -2.16. The van der Waals surface area contributed by atoms with Crippen LogP contribution in [0.2, 0.25) is 0 Å². The highest BCUT2D eigenvalue weighted by Gasteiger charge is 2.23. The van der Waals surface area contributed by atoms with Crippen LogP contribution >= 0.6 is 0 Å². The second-order valence-corrected chi connectivity index (χ2v) is 4.83. The monoisotopic (exact) mass is 213 g/mol. The Bertz CT molecular complexity index is 149. The van der Waals surface area contributed by atoms with Crippen LogP contribution in [0.15, 0.2) is 0 Å². The first-order chi connectivity index (χ1) is 7.34. The molecule has 0 aliphatic heterocycles. The molecule has 1 aliphatic rings.